The standard InChI is InChI=1S/C73H137NO5/c1-3-5-7-9-11-13-15-17-18-19-20-21-22-26-29-32-35-38-42-45-49-53-57-61-65-71(76)70(69-75)74-72(77)66-62-58-54-50-46-43-39-36-33-30-27-24-23-25-28-31-34-37-40-44-48-52-56-60-64-68-79-73(78)67-63-59-55-51-47-41-16-14-12-10-8-6-4-2/h8,10,14,16,24-25,27-28,70-71,75-76H,3-7,9,11-13,15,17-23,26,29-69H2,1-2H3,(H,74,77)/b10-8-,16-14-,27-24-,28-25-. The van der Waals surface area contributed by atoms with Crippen LogP contribution in [0.15, 0.2) is 48.6 Å². The van der Waals surface area contributed by atoms with Crippen molar-refractivity contribution in [3.63, 3.8) is 0 Å². The molecule has 0 aliphatic heterocycles. The first-order valence-electron chi connectivity index (χ1n) is 35.4. The lowest BCUT2D eigenvalue weighted by atomic mass is 10.0. The van der Waals surface area contributed by atoms with Crippen LogP contribution in [0.2, 0.25) is 0 Å². The highest BCUT2D eigenvalue weighted by Gasteiger charge is 2.20. The molecule has 0 saturated heterocycles. The molecule has 0 heterocycles. The van der Waals surface area contributed by atoms with E-state index in [1.165, 1.54) is 289 Å². The molecule has 2 atom stereocenters. The number of carbonyl (C=O) groups excluding carboxylic acids is 2. The third-order valence-electron chi connectivity index (χ3n) is 16.3. The van der Waals surface area contributed by atoms with Crippen molar-refractivity contribution in [3.05, 3.63) is 48.6 Å². The summed E-state index contributed by atoms with van der Waals surface area (Å²) >= 11 is 0. The fraction of sp³-hybridized carbons (Fsp3) is 0.863. The molecule has 0 rings (SSSR count). The van der Waals surface area contributed by atoms with Gasteiger partial charge in [0, 0.05) is 12.8 Å². The summed E-state index contributed by atoms with van der Waals surface area (Å²) in [6, 6.07) is -0.549. The van der Waals surface area contributed by atoms with Crippen LogP contribution < -0.4 is 5.32 Å². The average molecular weight is 1110 g/mol. The minimum absolute atomic E-state index is 0.00614. The number of rotatable bonds is 66. The zero-order valence-corrected chi connectivity index (χ0v) is 53.1. The van der Waals surface area contributed by atoms with Gasteiger partial charge in [-0.3, -0.25) is 9.59 Å². The fourth-order valence-electron chi connectivity index (χ4n) is 10.9. The fourth-order valence-corrected chi connectivity index (χ4v) is 10.9. The van der Waals surface area contributed by atoms with E-state index in [-0.39, 0.29) is 18.5 Å². The first kappa shape index (κ1) is 76.8. The Morgan fingerprint density at radius 3 is 1.01 bits per heavy atom. The Labute approximate surface area is 493 Å². The number of nitrogens with one attached hydrogen (secondary N) is 1. The van der Waals surface area contributed by atoms with E-state index in [4.69, 9.17) is 4.74 Å². The van der Waals surface area contributed by atoms with Crippen LogP contribution in [0.3, 0.4) is 0 Å². The van der Waals surface area contributed by atoms with Crippen LogP contribution in [0.1, 0.15) is 380 Å². The second-order valence-electron chi connectivity index (χ2n) is 24.2. The van der Waals surface area contributed by atoms with E-state index >= 15 is 0 Å². The molecule has 0 aromatic carbocycles. The van der Waals surface area contributed by atoms with E-state index in [1.807, 2.05) is 0 Å². The number of esters is 1. The Bertz CT molecular complexity index is 1320. The molecule has 0 aromatic rings. The molecule has 2 unspecified atom stereocenters. The van der Waals surface area contributed by atoms with Crippen LogP contribution in [-0.4, -0.2) is 47.4 Å². The minimum atomic E-state index is -0.671. The first-order valence-corrected chi connectivity index (χ1v) is 35.4. The summed E-state index contributed by atoms with van der Waals surface area (Å²) in [6.07, 6.45) is 88.7. The number of ether oxygens (including phenoxy) is 1. The van der Waals surface area contributed by atoms with Gasteiger partial charge in [0.1, 0.15) is 0 Å². The van der Waals surface area contributed by atoms with Crippen molar-refractivity contribution in [2.24, 2.45) is 0 Å². The normalized spacial score (nSPS) is 12.8. The molecule has 1 amide bonds. The third kappa shape index (κ3) is 64.8. The van der Waals surface area contributed by atoms with Gasteiger partial charge in [-0.05, 0) is 83.5 Å². The molecule has 464 valence electrons. The Balaban J connectivity index is 3.44. The molecule has 0 bridgehead atoms. The molecule has 0 aliphatic rings. The van der Waals surface area contributed by atoms with Crippen LogP contribution in [0.5, 0.6) is 0 Å². The largest absolute Gasteiger partial charge is 0.466 e. The lowest BCUT2D eigenvalue weighted by Crippen LogP contribution is -2.45. The van der Waals surface area contributed by atoms with Crippen molar-refractivity contribution in [2.45, 2.75) is 392 Å². The van der Waals surface area contributed by atoms with Crippen molar-refractivity contribution >= 4 is 11.9 Å². The number of carbonyl (C=O) groups is 2. The van der Waals surface area contributed by atoms with Crippen LogP contribution in [0.25, 0.3) is 0 Å². The van der Waals surface area contributed by atoms with Gasteiger partial charge in [-0.1, -0.05) is 332 Å². The second kappa shape index (κ2) is 68.3. The smallest absolute Gasteiger partial charge is 0.305 e. The van der Waals surface area contributed by atoms with Gasteiger partial charge in [-0.2, -0.15) is 0 Å². The Morgan fingerprint density at radius 2 is 0.658 bits per heavy atom. The lowest BCUT2D eigenvalue weighted by Gasteiger charge is -2.22. The van der Waals surface area contributed by atoms with Gasteiger partial charge >= 0.3 is 5.97 Å². The number of allylic oxidation sites excluding steroid dienone is 8. The zero-order chi connectivity index (χ0) is 57.1. The maximum absolute atomic E-state index is 12.6. The first-order chi connectivity index (χ1) is 39.0. The van der Waals surface area contributed by atoms with E-state index in [2.05, 4.69) is 67.8 Å². The predicted molar refractivity (Wildman–Crippen MR) is 347 cm³/mol. The molecule has 6 nitrogen and oxygen atoms in total. The molecule has 3 N–H and O–H groups in total. The number of unbranched alkanes of at least 4 members (excludes halogenated alkanes) is 47. The highest BCUT2D eigenvalue weighted by molar-refractivity contribution is 5.76. The Hall–Kier alpha value is -2.18. The van der Waals surface area contributed by atoms with Gasteiger partial charge in [0.05, 0.1) is 25.4 Å². The maximum Gasteiger partial charge on any atom is 0.305 e. The van der Waals surface area contributed by atoms with E-state index in [0.717, 1.165) is 57.8 Å². The molecule has 0 aromatic heterocycles. The van der Waals surface area contributed by atoms with Crippen molar-refractivity contribution < 1.29 is 24.5 Å². The molecule has 0 spiro atoms. The monoisotopic (exact) mass is 1110 g/mol. The molecular weight excluding hydrogens is 971 g/mol. The number of aliphatic hydroxyl groups excluding tert-OH is 2. The molecule has 6 heteroatoms. The number of aliphatic hydroxyl groups is 2. The summed E-state index contributed by atoms with van der Waals surface area (Å²) in [6.45, 7) is 4.90. The topological polar surface area (TPSA) is 95.9 Å². The van der Waals surface area contributed by atoms with Gasteiger partial charge in [0.15, 0.2) is 0 Å². The van der Waals surface area contributed by atoms with Crippen LogP contribution >= 0.6 is 0 Å². The SMILES string of the molecule is CCC/C=C\C/C=C\CCCCCCCC(=O)OCCCCCCCCCCC/C=C\C/C=C\CCCCCCCCCCCC(=O)NC(CO)C(O)CCCCCCCCCCCCCCCCCCCCCCCCCC. The molecule has 0 aliphatic carbocycles. The summed E-state index contributed by atoms with van der Waals surface area (Å²) in [5, 5.41) is 23.4. The van der Waals surface area contributed by atoms with Gasteiger partial charge in [-0.25, -0.2) is 0 Å². The van der Waals surface area contributed by atoms with E-state index in [1.54, 1.807) is 0 Å². The Morgan fingerprint density at radius 1 is 0.354 bits per heavy atom. The average Bonchev–Trinajstić information content (AvgIpc) is 3.45. The maximum atomic E-state index is 12.6. The van der Waals surface area contributed by atoms with E-state index in [9.17, 15) is 19.8 Å². The summed E-state index contributed by atoms with van der Waals surface area (Å²) in [4.78, 5) is 24.6. The van der Waals surface area contributed by atoms with Crippen molar-refractivity contribution in [1.29, 1.82) is 0 Å². The molecule has 0 radical (unpaired) electrons. The second-order valence-corrected chi connectivity index (χ2v) is 24.2. The summed E-state index contributed by atoms with van der Waals surface area (Å²) in [5.41, 5.74) is 0. The third-order valence-corrected chi connectivity index (χ3v) is 16.3. The van der Waals surface area contributed by atoms with Gasteiger partial charge in [-0.15, -0.1) is 0 Å². The van der Waals surface area contributed by atoms with Crippen LogP contribution in [-0.2, 0) is 14.3 Å². The van der Waals surface area contributed by atoms with Crippen molar-refractivity contribution in [3.8, 4) is 0 Å². The number of hydrogen-bond acceptors (Lipinski definition) is 5. The molecule has 0 fully saturated rings. The Kier molecular flexibility index (Phi) is 66.4. The summed E-state index contributed by atoms with van der Waals surface area (Å²) in [7, 11) is 0. The predicted octanol–water partition coefficient (Wildman–Crippen LogP) is 22.9. The summed E-state index contributed by atoms with van der Waals surface area (Å²) < 4.78 is 5.47. The minimum Gasteiger partial charge on any atom is -0.466 e. The van der Waals surface area contributed by atoms with Crippen LogP contribution in [0.4, 0.5) is 0 Å². The zero-order valence-electron chi connectivity index (χ0n) is 53.1. The lowest BCUT2D eigenvalue weighted by molar-refractivity contribution is -0.143. The molecule has 79 heavy (non-hydrogen) atoms. The van der Waals surface area contributed by atoms with Crippen LogP contribution in [0, 0.1) is 0 Å². The van der Waals surface area contributed by atoms with Gasteiger partial charge in [0.2, 0.25) is 5.91 Å². The highest BCUT2D eigenvalue weighted by Crippen LogP contribution is 2.18. The number of amides is 1. The number of hydrogen-bond donors (Lipinski definition) is 3. The molecular formula is C73H137NO5. The van der Waals surface area contributed by atoms with E-state index in [0.29, 0.717) is 25.9 Å². The van der Waals surface area contributed by atoms with Crippen molar-refractivity contribution in [2.75, 3.05) is 13.2 Å². The quantitative estimate of drug-likeness (QED) is 0.0320. The van der Waals surface area contributed by atoms with Gasteiger partial charge in [0.25, 0.3) is 0 Å². The molecule has 0 saturated carbocycles. The van der Waals surface area contributed by atoms with Crippen molar-refractivity contribution in [1.82, 2.24) is 5.32 Å². The van der Waals surface area contributed by atoms with Gasteiger partial charge < -0.3 is 20.3 Å². The highest BCUT2D eigenvalue weighted by atomic mass is 16.5. The summed E-state index contributed by atoms with van der Waals surface area (Å²) in [5.74, 6) is -0.0436. The van der Waals surface area contributed by atoms with E-state index < -0.39 is 12.1 Å².